The largest absolute Gasteiger partial charge is 0.469 e. The van der Waals surface area contributed by atoms with Gasteiger partial charge in [-0.15, -0.1) is 0 Å². The van der Waals surface area contributed by atoms with Crippen LogP contribution in [-0.4, -0.2) is 36.4 Å². The Morgan fingerprint density at radius 2 is 1.95 bits per heavy atom. The number of aromatic nitrogens is 2. The molecule has 0 bridgehead atoms. The van der Waals surface area contributed by atoms with E-state index < -0.39 is 0 Å². The fourth-order valence-electron chi connectivity index (χ4n) is 2.83. The number of ether oxygens (including phenoxy) is 1. The number of piperidine rings is 1. The molecule has 0 spiro atoms. The van der Waals surface area contributed by atoms with Crippen molar-refractivity contribution in [2.24, 2.45) is 5.92 Å². The number of methoxy groups -OCH3 is 1. The molecule has 1 N–H and O–H groups in total. The SMILES string of the molecule is COC(=O)C1CCN(c2n[nH]c(=O)c3ccccc23)CC1. The van der Waals surface area contributed by atoms with E-state index in [1.807, 2.05) is 18.2 Å². The maximum Gasteiger partial charge on any atom is 0.308 e. The Hall–Kier alpha value is -2.37. The second-order valence-corrected chi connectivity index (χ2v) is 5.21. The lowest BCUT2D eigenvalue weighted by atomic mass is 9.97. The summed E-state index contributed by atoms with van der Waals surface area (Å²) in [6, 6.07) is 7.43. The molecular formula is C15H17N3O3. The van der Waals surface area contributed by atoms with Gasteiger partial charge in [0.2, 0.25) is 0 Å². The molecule has 1 fully saturated rings. The first-order chi connectivity index (χ1) is 10.2. The minimum atomic E-state index is -0.182. The molecule has 0 saturated carbocycles. The lowest BCUT2D eigenvalue weighted by molar-refractivity contribution is -0.146. The van der Waals surface area contributed by atoms with Gasteiger partial charge in [0.15, 0.2) is 5.82 Å². The standard InChI is InChI=1S/C15H17N3O3/c1-21-15(20)10-6-8-18(9-7-10)13-11-4-2-3-5-12(11)14(19)17-16-13/h2-5,10H,6-9H2,1H3,(H,17,19). The summed E-state index contributed by atoms with van der Waals surface area (Å²) in [6.45, 7) is 1.45. The number of aromatic amines is 1. The molecule has 0 atom stereocenters. The number of nitrogens with one attached hydrogen (secondary N) is 1. The van der Waals surface area contributed by atoms with Crippen LogP contribution in [0.5, 0.6) is 0 Å². The lowest BCUT2D eigenvalue weighted by Gasteiger charge is -2.31. The monoisotopic (exact) mass is 287 g/mol. The Bertz CT molecular complexity index is 717. The third-order valence-electron chi connectivity index (χ3n) is 4.00. The summed E-state index contributed by atoms with van der Waals surface area (Å²) in [5, 5.41) is 8.22. The Kier molecular flexibility index (Phi) is 3.60. The highest BCUT2D eigenvalue weighted by Gasteiger charge is 2.27. The molecule has 1 aromatic heterocycles. The van der Waals surface area contributed by atoms with Crippen molar-refractivity contribution in [1.82, 2.24) is 10.2 Å². The summed E-state index contributed by atoms with van der Waals surface area (Å²) in [7, 11) is 1.42. The fraction of sp³-hybridized carbons (Fsp3) is 0.400. The van der Waals surface area contributed by atoms with E-state index in [2.05, 4.69) is 15.1 Å². The van der Waals surface area contributed by atoms with Gasteiger partial charge in [0.25, 0.3) is 5.56 Å². The Labute approximate surface area is 121 Å². The summed E-state index contributed by atoms with van der Waals surface area (Å²) in [4.78, 5) is 25.5. The van der Waals surface area contributed by atoms with Crippen LogP contribution in [0.25, 0.3) is 10.8 Å². The quantitative estimate of drug-likeness (QED) is 0.843. The number of nitrogens with zero attached hydrogens (tertiary/aromatic N) is 2. The molecule has 3 rings (SSSR count). The van der Waals surface area contributed by atoms with Crippen molar-refractivity contribution in [3.8, 4) is 0 Å². The van der Waals surface area contributed by atoms with Crippen LogP contribution in [0.15, 0.2) is 29.1 Å². The van der Waals surface area contributed by atoms with Gasteiger partial charge < -0.3 is 9.64 Å². The Morgan fingerprint density at radius 1 is 1.29 bits per heavy atom. The topological polar surface area (TPSA) is 75.3 Å². The number of carbonyl (C=O) groups is 1. The summed E-state index contributed by atoms with van der Waals surface area (Å²) >= 11 is 0. The number of hydrogen-bond donors (Lipinski definition) is 1. The first kappa shape index (κ1) is 13.6. The van der Waals surface area contributed by atoms with Crippen molar-refractivity contribution in [1.29, 1.82) is 0 Å². The summed E-state index contributed by atoms with van der Waals surface area (Å²) < 4.78 is 4.80. The van der Waals surface area contributed by atoms with E-state index in [9.17, 15) is 9.59 Å². The predicted octanol–water partition coefficient (Wildman–Crippen LogP) is 1.31. The molecule has 2 heterocycles. The Balaban J connectivity index is 1.88. The van der Waals surface area contributed by atoms with E-state index in [-0.39, 0.29) is 17.4 Å². The van der Waals surface area contributed by atoms with Crippen molar-refractivity contribution >= 4 is 22.6 Å². The number of fused-ring (bicyclic) bond motifs is 1. The molecule has 21 heavy (non-hydrogen) atoms. The van der Waals surface area contributed by atoms with Gasteiger partial charge in [0.1, 0.15) is 0 Å². The summed E-state index contributed by atoms with van der Waals surface area (Å²) in [6.07, 6.45) is 1.48. The van der Waals surface area contributed by atoms with Crippen molar-refractivity contribution in [2.75, 3.05) is 25.1 Å². The number of H-pyrrole nitrogens is 1. The maximum atomic E-state index is 11.8. The second-order valence-electron chi connectivity index (χ2n) is 5.21. The number of carbonyl (C=O) groups excluding carboxylic acids is 1. The third-order valence-corrected chi connectivity index (χ3v) is 4.00. The summed E-state index contributed by atoms with van der Waals surface area (Å²) in [5.74, 6) is 0.586. The zero-order chi connectivity index (χ0) is 14.8. The highest BCUT2D eigenvalue weighted by atomic mass is 16.5. The van der Waals surface area contributed by atoms with Crippen molar-refractivity contribution < 1.29 is 9.53 Å². The van der Waals surface area contributed by atoms with E-state index in [0.717, 1.165) is 37.1 Å². The average molecular weight is 287 g/mol. The van der Waals surface area contributed by atoms with Gasteiger partial charge in [0.05, 0.1) is 18.4 Å². The van der Waals surface area contributed by atoms with E-state index in [4.69, 9.17) is 4.74 Å². The van der Waals surface area contributed by atoms with Gasteiger partial charge in [-0.1, -0.05) is 18.2 Å². The van der Waals surface area contributed by atoms with Crippen LogP contribution in [0.4, 0.5) is 5.82 Å². The van der Waals surface area contributed by atoms with E-state index in [0.29, 0.717) is 5.39 Å². The van der Waals surface area contributed by atoms with Gasteiger partial charge in [-0.25, -0.2) is 5.10 Å². The van der Waals surface area contributed by atoms with E-state index >= 15 is 0 Å². The van der Waals surface area contributed by atoms with Crippen molar-refractivity contribution in [2.45, 2.75) is 12.8 Å². The number of esters is 1. The van der Waals surface area contributed by atoms with E-state index in [1.165, 1.54) is 7.11 Å². The molecular weight excluding hydrogens is 270 g/mol. The van der Waals surface area contributed by atoms with Crippen LogP contribution >= 0.6 is 0 Å². The van der Waals surface area contributed by atoms with Gasteiger partial charge in [-0.3, -0.25) is 9.59 Å². The zero-order valence-electron chi connectivity index (χ0n) is 11.8. The number of benzene rings is 1. The molecule has 2 aromatic rings. The van der Waals surface area contributed by atoms with Crippen LogP contribution in [0.1, 0.15) is 12.8 Å². The third kappa shape index (κ3) is 2.49. The van der Waals surface area contributed by atoms with Crippen LogP contribution < -0.4 is 10.5 Å². The number of hydrogen-bond acceptors (Lipinski definition) is 5. The number of rotatable bonds is 2. The smallest absolute Gasteiger partial charge is 0.308 e. The molecule has 1 saturated heterocycles. The molecule has 1 aromatic carbocycles. The Morgan fingerprint density at radius 3 is 2.62 bits per heavy atom. The van der Waals surface area contributed by atoms with Gasteiger partial charge in [-0.05, 0) is 18.9 Å². The molecule has 0 amide bonds. The van der Waals surface area contributed by atoms with Crippen molar-refractivity contribution in [3.05, 3.63) is 34.6 Å². The maximum absolute atomic E-state index is 11.8. The van der Waals surface area contributed by atoms with E-state index in [1.54, 1.807) is 6.07 Å². The fourth-order valence-corrected chi connectivity index (χ4v) is 2.83. The minimum absolute atomic E-state index is 0.0414. The molecule has 0 unspecified atom stereocenters. The van der Waals surface area contributed by atoms with Crippen LogP contribution in [-0.2, 0) is 9.53 Å². The first-order valence-corrected chi connectivity index (χ1v) is 7.01. The van der Waals surface area contributed by atoms with Crippen LogP contribution in [0.2, 0.25) is 0 Å². The zero-order valence-corrected chi connectivity index (χ0v) is 11.8. The first-order valence-electron chi connectivity index (χ1n) is 7.01. The molecule has 0 radical (unpaired) electrons. The van der Waals surface area contributed by atoms with Crippen LogP contribution in [0, 0.1) is 5.92 Å². The molecule has 1 aliphatic heterocycles. The summed E-state index contributed by atoms with van der Waals surface area (Å²) in [5.41, 5.74) is -0.182. The lowest BCUT2D eigenvalue weighted by Crippen LogP contribution is -2.37. The molecule has 6 nitrogen and oxygen atoms in total. The minimum Gasteiger partial charge on any atom is -0.469 e. The highest BCUT2D eigenvalue weighted by molar-refractivity contribution is 5.91. The van der Waals surface area contributed by atoms with Crippen molar-refractivity contribution in [3.63, 3.8) is 0 Å². The number of anilines is 1. The van der Waals surface area contributed by atoms with Crippen LogP contribution in [0.3, 0.4) is 0 Å². The molecule has 6 heteroatoms. The van der Waals surface area contributed by atoms with Gasteiger partial charge in [-0.2, -0.15) is 5.10 Å². The normalized spacial score (nSPS) is 16.1. The van der Waals surface area contributed by atoms with Gasteiger partial charge >= 0.3 is 5.97 Å². The van der Waals surface area contributed by atoms with Gasteiger partial charge in [0, 0.05) is 18.5 Å². The second kappa shape index (κ2) is 5.55. The molecule has 0 aliphatic carbocycles. The molecule has 110 valence electrons. The average Bonchev–Trinajstić information content (AvgIpc) is 2.55. The predicted molar refractivity (Wildman–Crippen MR) is 79.3 cm³/mol. The molecule has 1 aliphatic rings. The highest BCUT2D eigenvalue weighted by Crippen LogP contribution is 2.26.